The third-order valence-electron chi connectivity index (χ3n) is 2.00. The number of ether oxygens (including phenoxy) is 1. The molecule has 0 aliphatic carbocycles. The Bertz CT molecular complexity index is 180. The van der Waals surface area contributed by atoms with Crippen LogP contribution in [0.25, 0.3) is 0 Å². The number of likely N-dealkylation sites (tertiary alicyclic amines) is 1. The van der Waals surface area contributed by atoms with Crippen LogP contribution in [-0.4, -0.2) is 54.2 Å². The second-order valence-electron chi connectivity index (χ2n) is 2.97. The summed E-state index contributed by atoms with van der Waals surface area (Å²) in [5.74, 6) is -0.260. The highest BCUT2D eigenvalue weighted by molar-refractivity contribution is 6.40. The molecule has 1 aliphatic heterocycles. The van der Waals surface area contributed by atoms with Gasteiger partial charge in [-0.05, 0) is 7.05 Å². The lowest BCUT2D eigenvalue weighted by atomic mass is 10.2. The van der Waals surface area contributed by atoms with Gasteiger partial charge in [0.25, 0.3) is 0 Å². The number of aliphatic hydroxyl groups is 1. The van der Waals surface area contributed by atoms with Crippen LogP contribution in [0.3, 0.4) is 0 Å². The van der Waals surface area contributed by atoms with Crippen LogP contribution >= 0.6 is 23.2 Å². The van der Waals surface area contributed by atoms with Gasteiger partial charge in [0.2, 0.25) is 0 Å². The minimum atomic E-state index is -0.385. The molecule has 6 heteroatoms. The lowest BCUT2D eigenvalue weighted by Crippen LogP contribution is -2.33. The van der Waals surface area contributed by atoms with Crippen molar-refractivity contribution >= 4 is 29.2 Å². The fourth-order valence-corrected chi connectivity index (χ4v) is 1.38. The van der Waals surface area contributed by atoms with Crippen LogP contribution in [0, 0.1) is 0 Å². The van der Waals surface area contributed by atoms with Crippen molar-refractivity contribution in [2.24, 2.45) is 0 Å². The topological polar surface area (TPSA) is 49.8 Å². The van der Waals surface area contributed by atoms with Gasteiger partial charge in [-0.25, -0.2) is 0 Å². The monoisotopic (exact) mass is 243 g/mol. The molecular weight excluding hydrogens is 229 g/mol. The number of carbonyl (C=O) groups is 1. The van der Waals surface area contributed by atoms with Crippen LogP contribution in [-0.2, 0) is 9.53 Å². The lowest BCUT2D eigenvalue weighted by molar-refractivity contribution is -0.145. The molecule has 0 amide bonds. The fraction of sp³-hybridized carbons (Fsp3) is 0.875. The molecule has 0 spiro atoms. The first-order chi connectivity index (χ1) is 6.56. The first-order valence-corrected chi connectivity index (χ1v) is 5.21. The summed E-state index contributed by atoms with van der Waals surface area (Å²) in [6.45, 7) is 0.555. The molecule has 84 valence electrons. The van der Waals surface area contributed by atoms with E-state index in [9.17, 15) is 4.79 Å². The third kappa shape index (κ3) is 4.46. The average molecular weight is 244 g/mol. The van der Waals surface area contributed by atoms with E-state index in [2.05, 4.69) is 4.74 Å². The predicted octanol–water partition coefficient (Wildman–Crippen LogP) is 0.646. The second-order valence-corrected chi connectivity index (χ2v) is 3.78. The van der Waals surface area contributed by atoms with E-state index in [1.54, 1.807) is 11.9 Å². The molecule has 1 fully saturated rings. The number of aliphatic hydroxyl groups excluding tert-OH is 1. The van der Waals surface area contributed by atoms with Gasteiger partial charge in [-0.2, -0.15) is 0 Å². The minimum Gasteiger partial charge on any atom is -0.468 e. The highest BCUT2D eigenvalue weighted by atomic mass is 35.5. The van der Waals surface area contributed by atoms with Crippen LogP contribution in [0.1, 0.15) is 6.42 Å². The molecule has 2 atom stereocenters. The Hall–Kier alpha value is -0.0300. The highest BCUT2D eigenvalue weighted by Crippen LogP contribution is 2.16. The minimum absolute atomic E-state index is 0.194. The molecule has 4 nitrogen and oxygen atoms in total. The van der Waals surface area contributed by atoms with E-state index < -0.39 is 0 Å². The Morgan fingerprint density at radius 3 is 2.43 bits per heavy atom. The zero-order valence-electron chi connectivity index (χ0n) is 8.24. The summed E-state index contributed by atoms with van der Waals surface area (Å²) in [4.78, 5) is 12.8. The van der Waals surface area contributed by atoms with Gasteiger partial charge in [0, 0.05) is 13.0 Å². The fourth-order valence-electron chi connectivity index (χ4n) is 1.38. The van der Waals surface area contributed by atoms with Gasteiger partial charge in [-0.15, -0.1) is 23.2 Å². The molecule has 0 saturated carbocycles. The summed E-state index contributed by atoms with van der Waals surface area (Å²) >= 11 is 9.53. The number of methoxy groups -OCH3 is 1. The van der Waals surface area contributed by atoms with Crippen LogP contribution in [0.4, 0.5) is 0 Å². The van der Waals surface area contributed by atoms with Crippen molar-refractivity contribution < 1.29 is 14.6 Å². The van der Waals surface area contributed by atoms with E-state index in [1.807, 2.05) is 0 Å². The molecule has 0 radical (unpaired) electrons. The maximum absolute atomic E-state index is 11.0. The summed E-state index contributed by atoms with van der Waals surface area (Å²) in [7, 11) is 3.17. The lowest BCUT2D eigenvalue weighted by Gasteiger charge is -2.15. The Balaban J connectivity index is 0.000000500. The maximum Gasteiger partial charge on any atom is 0.323 e. The van der Waals surface area contributed by atoms with Crippen LogP contribution in [0.15, 0.2) is 0 Å². The van der Waals surface area contributed by atoms with Gasteiger partial charge in [0.05, 0.1) is 18.6 Å². The molecule has 14 heavy (non-hydrogen) atoms. The largest absolute Gasteiger partial charge is 0.468 e. The normalized spacial score (nSPS) is 26.6. The van der Waals surface area contributed by atoms with E-state index in [0.717, 1.165) is 0 Å². The van der Waals surface area contributed by atoms with Crippen molar-refractivity contribution in [3.05, 3.63) is 0 Å². The molecule has 0 aromatic carbocycles. The maximum atomic E-state index is 11.0. The average Bonchev–Trinajstić information content (AvgIpc) is 2.45. The Labute approximate surface area is 93.7 Å². The van der Waals surface area contributed by atoms with Crippen LogP contribution < -0.4 is 0 Å². The van der Waals surface area contributed by atoms with Gasteiger partial charge in [0.1, 0.15) is 6.04 Å². The molecule has 1 heterocycles. The number of hydrogen-bond donors (Lipinski definition) is 1. The number of nitrogens with zero attached hydrogens (tertiary/aromatic N) is 1. The number of alkyl halides is 2. The van der Waals surface area contributed by atoms with Gasteiger partial charge in [0.15, 0.2) is 0 Å². The first kappa shape index (κ1) is 14.0. The number of esters is 1. The summed E-state index contributed by atoms with van der Waals surface area (Å²) in [6, 6.07) is -0.255. The standard InChI is InChI=1S/C7H13NO3.CH2Cl2/c1-8-4-5(9)3-6(8)7(10)11-2;2-1-3/h5-6,9H,3-4H2,1-2H3;1H2. The predicted molar refractivity (Wildman–Crippen MR) is 55.6 cm³/mol. The zero-order chi connectivity index (χ0) is 11.1. The molecule has 2 unspecified atom stereocenters. The van der Waals surface area contributed by atoms with Gasteiger partial charge < -0.3 is 9.84 Å². The second kappa shape index (κ2) is 7.29. The quantitative estimate of drug-likeness (QED) is 0.543. The van der Waals surface area contributed by atoms with Gasteiger partial charge >= 0.3 is 5.97 Å². The van der Waals surface area contributed by atoms with Gasteiger partial charge in [-0.3, -0.25) is 9.69 Å². The van der Waals surface area contributed by atoms with Crippen LogP contribution in [0.5, 0.6) is 0 Å². The molecule has 1 rings (SSSR count). The molecule has 1 saturated heterocycles. The summed E-state index contributed by atoms with van der Waals surface area (Å²) in [6.07, 6.45) is 0.104. The van der Waals surface area contributed by atoms with Gasteiger partial charge in [-0.1, -0.05) is 0 Å². The van der Waals surface area contributed by atoms with E-state index in [1.165, 1.54) is 7.11 Å². The van der Waals surface area contributed by atoms with Crippen molar-refractivity contribution in [2.45, 2.75) is 18.6 Å². The molecule has 1 N–H and O–H groups in total. The van der Waals surface area contributed by atoms with Crippen molar-refractivity contribution in [2.75, 3.05) is 26.0 Å². The molecule has 0 aromatic heterocycles. The van der Waals surface area contributed by atoms with Crippen molar-refractivity contribution in [1.29, 1.82) is 0 Å². The number of likely N-dealkylation sites (N-methyl/N-ethyl adjacent to an activating group) is 1. The van der Waals surface area contributed by atoms with Crippen molar-refractivity contribution in [3.8, 4) is 0 Å². The van der Waals surface area contributed by atoms with Crippen molar-refractivity contribution in [3.63, 3.8) is 0 Å². The molecule has 0 bridgehead atoms. The summed E-state index contributed by atoms with van der Waals surface area (Å²) in [5, 5.41) is 9.36. The van der Waals surface area contributed by atoms with E-state index in [0.29, 0.717) is 13.0 Å². The third-order valence-corrected chi connectivity index (χ3v) is 2.00. The van der Waals surface area contributed by atoms with E-state index in [4.69, 9.17) is 28.3 Å². The summed E-state index contributed by atoms with van der Waals surface area (Å²) < 4.78 is 4.56. The molecule has 1 aliphatic rings. The summed E-state index contributed by atoms with van der Waals surface area (Å²) in [5.41, 5.74) is 0. The van der Waals surface area contributed by atoms with Crippen molar-refractivity contribution in [1.82, 2.24) is 4.90 Å². The zero-order valence-corrected chi connectivity index (χ0v) is 9.75. The number of β-amino-alcohol motifs (C(OH)–C–C–N with tert-alkyl or cyclic N) is 1. The van der Waals surface area contributed by atoms with Crippen LogP contribution in [0.2, 0.25) is 0 Å². The Morgan fingerprint density at radius 2 is 2.14 bits per heavy atom. The SMILES string of the molecule is COC(=O)C1CC(O)CN1C.ClCCl. The number of carbonyl (C=O) groups excluding carboxylic acids is 1. The Morgan fingerprint density at radius 1 is 1.64 bits per heavy atom. The number of halogens is 2. The highest BCUT2D eigenvalue weighted by Gasteiger charge is 2.33. The molecule has 0 aromatic rings. The number of rotatable bonds is 1. The van der Waals surface area contributed by atoms with E-state index in [-0.39, 0.29) is 23.5 Å². The number of hydrogen-bond acceptors (Lipinski definition) is 4. The first-order valence-electron chi connectivity index (χ1n) is 4.14. The molecular formula is C8H15Cl2NO3. The Kier molecular flexibility index (Phi) is 7.27. The smallest absolute Gasteiger partial charge is 0.323 e. The van der Waals surface area contributed by atoms with E-state index >= 15 is 0 Å².